The molecule has 0 saturated carbocycles. The van der Waals surface area contributed by atoms with Gasteiger partial charge in [0, 0.05) is 17.5 Å². The van der Waals surface area contributed by atoms with Crippen molar-refractivity contribution >= 4 is 23.3 Å². The highest BCUT2D eigenvalue weighted by Gasteiger charge is 2.15. The maximum absolute atomic E-state index is 12.0. The SMILES string of the molecule is COc1cccc(C(CNC(=O)/C=C/c2cccs2)N(C)C)c1. The number of likely N-dealkylation sites (N-methyl/N-ethyl adjacent to an activating group) is 1. The standard InChI is InChI=1S/C18H22N2O2S/c1-20(2)17(14-6-4-7-15(12-14)22-3)13-19-18(21)10-9-16-8-5-11-23-16/h4-12,17H,13H2,1-3H3,(H,19,21)/b10-9+. The molecule has 0 fully saturated rings. The molecule has 0 aliphatic rings. The van der Waals surface area contributed by atoms with E-state index in [1.807, 2.05) is 61.9 Å². The Balaban J connectivity index is 1.98. The second-order valence-electron chi connectivity index (χ2n) is 5.35. The van der Waals surface area contributed by atoms with E-state index in [2.05, 4.69) is 10.2 Å². The number of rotatable bonds is 7. The van der Waals surface area contributed by atoms with Gasteiger partial charge < -0.3 is 15.0 Å². The van der Waals surface area contributed by atoms with Crippen molar-refractivity contribution in [3.63, 3.8) is 0 Å². The Labute approximate surface area is 141 Å². The molecule has 1 unspecified atom stereocenters. The van der Waals surface area contributed by atoms with Crippen LogP contribution in [0.4, 0.5) is 0 Å². The Morgan fingerprint density at radius 1 is 1.35 bits per heavy atom. The summed E-state index contributed by atoms with van der Waals surface area (Å²) in [5, 5.41) is 4.95. The van der Waals surface area contributed by atoms with Crippen LogP contribution in [0.3, 0.4) is 0 Å². The lowest BCUT2D eigenvalue weighted by atomic mass is 10.1. The third-order valence-corrected chi connectivity index (χ3v) is 4.35. The minimum atomic E-state index is -0.0897. The average molecular weight is 330 g/mol. The minimum Gasteiger partial charge on any atom is -0.497 e. The summed E-state index contributed by atoms with van der Waals surface area (Å²) in [5.74, 6) is 0.728. The van der Waals surface area contributed by atoms with Crippen LogP contribution in [0.15, 0.2) is 47.9 Å². The molecule has 0 radical (unpaired) electrons. The summed E-state index contributed by atoms with van der Waals surface area (Å²) in [5.41, 5.74) is 1.11. The van der Waals surface area contributed by atoms with Crippen LogP contribution in [0.5, 0.6) is 5.75 Å². The fourth-order valence-electron chi connectivity index (χ4n) is 2.25. The van der Waals surface area contributed by atoms with Crippen LogP contribution in [0.25, 0.3) is 6.08 Å². The van der Waals surface area contributed by atoms with Crippen LogP contribution in [-0.4, -0.2) is 38.6 Å². The molecule has 1 aromatic carbocycles. The van der Waals surface area contributed by atoms with E-state index in [9.17, 15) is 4.79 Å². The summed E-state index contributed by atoms with van der Waals surface area (Å²) in [4.78, 5) is 15.1. The Hall–Kier alpha value is -2.11. The van der Waals surface area contributed by atoms with Crippen molar-refractivity contribution in [2.75, 3.05) is 27.7 Å². The number of hydrogen-bond acceptors (Lipinski definition) is 4. The number of carbonyl (C=O) groups excluding carboxylic acids is 1. The number of nitrogens with one attached hydrogen (secondary N) is 1. The van der Waals surface area contributed by atoms with Crippen molar-refractivity contribution in [2.45, 2.75) is 6.04 Å². The highest BCUT2D eigenvalue weighted by atomic mass is 32.1. The van der Waals surface area contributed by atoms with Crippen molar-refractivity contribution in [1.29, 1.82) is 0 Å². The number of amides is 1. The third-order valence-electron chi connectivity index (χ3n) is 3.51. The van der Waals surface area contributed by atoms with E-state index in [0.29, 0.717) is 6.54 Å². The topological polar surface area (TPSA) is 41.6 Å². The number of thiophene rings is 1. The highest BCUT2D eigenvalue weighted by molar-refractivity contribution is 7.10. The summed E-state index contributed by atoms with van der Waals surface area (Å²) in [6, 6.07) is 11.9. The quantitative estimate of drug-likeness (QED) is 0.793. The van der Waals surface area contributed by atoms with E-state index < -0.39 is 0 Å². The largest absolute Gasteiger partial charge is 0.497 e. The summed E-state index contributed by atoms with van der Waals surface area (Å²) >= 11 is 1.61. The molecular weight excluding hydrogens is 308 g/mol. The molecule has 2 aromatic rings. The van der Waals surface area contributed by atoms with Gasteiger partial charge in [0.25, 0.3) is 0 Å². The minimum absolute atomic E-state index is 0.0872. The zero-order chi connectivity index (χ0) is 16.7. The van der Waals surface area contributed by atoms with E-state index in [4.69, 9.17) is 4.74 Å². The van der Waals surface area contributed by atoms with Gasteiger partial charge in [0.1, 0.15) is 5.75 Å². The van der Waals surface area contributed by atoms with Crippen molar-refractivity contribution in [2.24, 2.45) is 0 Å². The Morgan fingerprint density at radius 2 is 2.17 bits per heavy atom. The second-order valence-corrected chi connectivity index (χ2v) is 6.33. The van der Waals surface area contributed by atoms with Crippen molar-refractivity contribution < 1.29 is 9.53 Å². The van der Waals surface area contributed by atoms with Gasteiger partial charge >= 0.3 is 0 Å². The van der Waals surface area contributed by atoms with Gasteiger partial charge in [0.2, 0.25) is 5.91 Å². The first-order chi connectivity index (χ1) is 11.1. The van der Waals surface area contributed by atoms with Crippen LogP contribution < -0.4 is 10.1 Å². The normalized spacial score (nSPS) is 12.5. The van der Waals surface area contributed by atoms with Gasteiger partial charge in [-0.1, -0.05) is 18.2 Å². The molecule has 1 atom stereocenters. The van der Waals surface area contributed by atoms with Gasteiger partial charge in [-0.2, -0.15) is 0 Å². The van der Waals surface area contributed by atoms with E-state index in [1.54, 1.807) is 24.5 Å². The molecule has 0 spiro atoms. The lowest BCUT2D eigenvalue weighted by molar-refractivity contribution is -0.116. The van der Waals surface area contributed by atoms with Crippen LogP contribution in [-0.2, 0) is 4.79 Å². The lowest BCUT2D eigenvalue weighted by Crippen LogP contribution is -2.33. The van der Waals surface area contributed by atoms with Crippen LogP contribution in [0.1, 0.15) is 16.5 Å². The molecular formula is C18H22N2O2S. The van der Waals surface area contributed by atoms with Crippen LogP contribution in [0.2, 0.25) is 0 Å². The molecule has 4 nitrogen and oxygen atoms in total. The lowest BCUT2D eigenvalue weighted by Gasteiger charge is -2.25. The summed E-state index contributed by atoms with van der Waals surface area (Å²) in [6.45, 7) is 0.535. The zero-order valence-electron chi connectivity index (χ0n) is 13.7. The Kier molecular flexibility index (Phi) is 6.38. The van der Waals surface area contributed by atoms with Gasteiger partial charge in [0.05, 0.1) is 13.2 Å². The monoisotopic (exact) mass is 330 g/mol. The Bertz CT molecular complexity index is 651. The molecule has 0 bridgehead atoms. The smallest absolute Gasteiger partial charge is 0.244 e. The number of nitrogens with zero attached hydrogens (tertiary/aromatic N) is 1. The van der Waals surface area contributed by atoms with Gasteiger partial charge in [-0.3, -0.25) is 4.79 Å². The molecule has 1 N–H and O–H groups in total. The first-order valence-electron chi connectivity index (χ1n) is 7.40. The van der Waals surface area contributed by atoms with Crippen LogP contribution >= 0.6 is 11.3 Å². The van der Waals surface area contributed by atoms with Crippen molar-refractivity contribution in [1.82, 2.24) is 10.2 Å². The first-order valence-corrected chi connectivity index (χ1v) is 8.28. The van der Waals surface area contributed by atoms with Crippen molar-refractivity contribution in [3.8, 4) is 5.75 Å². The molecule has 0 aliphatic heterocycles. The average Bonchev–Trinajstić information content (AvgIpc) is 3.06. The van der Waals surface area contributed by atoms with E-state index in [1.165, 1.54) is 0 Å². The van der Waals surface area contributed by atoms with E-state index in [0.717, 1.165) is 16.2 Å². The molecule has 1 heterocycles. The molecule has 5 heteroatoms. The predicted molar refractivity (Wildman–Crippen MR) is 95.8 cm³/mol. The predicted octanol–water partition coefficient (Wildman–Crippen LogP) is 3.19. The van der Waals surface area contributed by atoms with E-state index in [-0.39, 0.29) is 11.9 Å². The fourth-order valence-corrected chi connectivity index (χ4v) is 2.87. The number of hydrogen-bond donors (Lipinski definition) is 1. The molecule has 1 amide bonds. The maximum Gasteiger partial charge on any atom is 0.244 e. The summed E-state index contributed by atoms with van der Waals surface area (Å²) in [6.07, 6.45) is 3.40. The molecule has 0 aliphatic carbocycles. The van der Waals surface area contributed by atoms with Gasteiger partial charge in [-0.25, -0.2) is 0 Å². The van der Waals surface area contributed by atoms with Gasteiger partial charge in [-0.05, 0) is 49.3 Å². The summed E-state index contributed by atoms with van der Waals surface area (Å²) in [7, 11) is 5.65. The molecule has 0 saturated heterocycles. The maximum atomic E-state index is 12.0. The molecule has 23 heavy (non-hydrogen) atoms. The first kappa shape index (κ1) is 17.2. The summed E-state index contributed by atoms with van der Waals surface area (Å²) < 4.78 is 5.27. The van der Waals surface area contributed by atoms with Gasteiger partial charge in [0.15, 0.2) is 0 Å². The van der Waals surface area contributed by atoms with Crippen molar-refractivity contribution in [3.05, 3.63) is 58.3 Å². The number of benzene rings is 1. The third kappa shape index (κ3) is 5.23. The highest BCUT2D eigenvalue weighted by Crippen LogP contribution is 2.22. The van der Waals surface area contributed by atoms with Gasteiger partial charge in [-0.15, -0.1) is 11.3 Å². The molecule has 1 aromatic heterocycles. The second kappa shape index (κ2) is 8.50. The molecule has 122 valence electrons. The fraction of sp³-hybridized carbons (Fsp3) is 0.278. The van der Waals surface area contributed by atoms with Crippen LogP contribution in [0, 0.1) is 0 Å². The number of carbonyl (C=O) groups is 1. The zero-order valence-corrected chi connectivity index (χ0v) is 14.5. The molecule has 2 rings (SSSR count). The number of ether oxygens (including phenoxy) is 1. The van der Waals surface area contributed by atoms with E-state index >= 15 is 0 Å². The Morgan fingerprint density at radius 3 is 2.83 bits per heavy atom. The number of methoxy groups -OCH3 is 1.